The van der Waals surface area contributed by atoms with Crippen molar-refractivity contribution in [1.29, 1.82) is 0 Å². The summed E-state index contributed by atoms with van der Waals surface area (Å²) >= 11 is 0. The molecule has 5 nitrogen and oxygen atoms in total. The van der Waals surface area contributed by atoms with Gasteiger partial charge in [-0.05, 0) is 26.7 Å². The van der Waals surface area contributed by atoms with Gasteiger partial charge in [-0.15, -0.1) is 0 Å². The first-order valence-corrected chi connectivity index (χ1v) is 7.20. The van der Waals surface area contributed by atoms with Crippen LogP contribution in [-0.4, -0.2) is 29.8 Å². The molecule has 0 aromatic rings. The highest BCUT2D eigenvalue weighted by atomic mass is 31.2. The van der Waals surface area contributed by atoms with E-state index in [1.54, 1.807) is 13.8 Å². The first-order chi connectivity index (χ1) is 7.51. The van der Waals surface area contributed by atoms with Crippen molar-refractivity contribution in [2.45, 2.75) is 46.2 Å². The molecule has 0 saturated heterocycles. The van der Waals surface area contributed by atoms with Crippen molar-refractivity contribution in [3.63, 3.8) is 0 Å². The van der Waals surface area contributed by atoms with Crippen molar-refractivity contribution in [1.82, 2.24) is 0 Å². The van der Waals surface area contributed by atoms with E-state index in [0.29, 0.717) is 18.9 Å². The predicted molar refractivity (Wildman–Crippen MR) is 64.5 cm³/mol. The van der Waals surface area contributed by atoms with Gasteiger partial charge in [-0.1, -0.05) is 19.0 Å². The molecular formula is C10H22NO4P. The molecule has 96 valence electrons. The molecule has 0 heterocycles. The van der Waals surface area contributed by atoms with Crippen LogP contribution in [0.5, 0.6) is 0 Å². The van der Waals surface area contributed by atoms with E-state index in [4.69, 9.17) is 14.3 Å². The van der Waals surface area contributed by atoms with Crippen LogP contribution < -0.4 is 0 Å². The Labute approximate surface area is 97.4 Å². The van der Waals surface area contributed by atoms with Gasteiger partial charge in [0.1, 0.15) is 0 Å². The Kier molecular flexibility index (Phi) is 7.64. The van der Waals surface area contributed by atoms with Crippen LogP contribution in [0.4, 0.5) is 0 Å². The fourth-order valence-electron chi connectivity index (χ4n) is 1.01. The lowest BCUT2D eigenvalue weighted by molar-refractivity contribution is 0.202. The highest BCUT2D eigenvalue weighted by Gasteiger charge is 2.34. The Morgan fingerprint density at radius 3 is 2.06 bits per heavy atom. The highest BCUT2D eigenvalue weighted by molar-refractivity contribution is 7.55. The van der Waals surface area contributed by atoms with Crippen molar-refractivity contribution in [3.8, 4) is 0 Å². The van der Waals surface area contributed by atoms with Gasteiger partial charge in [-0.3, -0.25) is 4.57 Å². The fraction of sp³-hybridized carbons (Fsp3) is 0.900. The van der Waals surface area contributed by atoms with Crippen molar-refractivity contribution in [2.24, 2.45) is 5.16 Å². The van der Waals surface area contributed by atoms with Gasteiger partial charge in [-0.2, -0.15) is 0 Å². The minimum absolute atomic E-state index is 0.357. The summed E-state index contributed by atoms with van der Waals surface area (Å²) in [6.45, 7) is 7.90. The number of hydrogen-bond acceptors (Lipinski definition) is 5. The normalized spacial score (nSPS) is 15.1. The van der Waals surface area contributed by atoms with Crippen LogP contribution in [0.15, 0.2) is 5.16 Å². The zero-order valence-corrected chi connectivity index (χ0v) is 11.4. The van der Waals surface area contributed by atoms with Crippen molar-refractivity contribution >= 4 is 13.3 Å². The zero-order chi connectivity index (χ0) is 12.6. The molecule has 16 heavy (non-hydrogen) atoms. The van der Waals surface area contributed by atoms with E-state index in [9.17, 15) is 4.57 Å². The van der Waals surface area contributed by atoms with E-state index in [1.807, 2.05) is 13.8 Å². The summed E-state index contributed by atoms with van der Waals surface area (Å²) in [4.78, 5) is 0. The van der Waals surface area contributed by atoms with Gasteiger partial charge in [0.2, 0.25) is 0 Å². The van der Waals surface area contributed by atoms with Crippen LogP contribution in [0, 0.1) is 0 Å². The van der Waals surface area contributed by atoms with Crippen LogP contribution in [0.25, 0.3) is 0 Å². The highest BCUT2D eigenvalue weighted by Crippen LogP contribution is 2.53. The van der Waals surface area contributed by atoms with Gasteiger partial charge in [0.05, 0.1) is 24.6 Å². The molecule has 0 aliphatic rings. The molecule has 0 aliphatic heterocycles. The molecule has 1 unspecified atom stereocenters. The van der Waals surface area contributed by atoms with Crippen molar-refractivity contribution < 1.29 is 18.8 Å². The lowest BCUT2D eigenvalue weighted by atomic mass is 10.3. The minimum Gasteiger partial charge on any atom is -0.411 e. The van der Waals surface area contributed by atoms with Crippen LogP contribution >= 0.6 is 7.60 Å². The maximum Gasteiger partial charge on any atom is 0.339 e. The van der Waals surface area contributed by atoms with E-state index in [-0.39, 0.29) is 0 Å². The van der Waals surface area contributed by atoms with Crippen molar-refractivity contribution in [3.05, 3.63) is 0 Å². The predicted octanol–water partition coefficient (Wildman–Crippen LogP) is 3.27. The third-order valence-electron chi connectivity index (χ3n) is 2.19. The Balaban J connectivity index is 4.69. The molecular weight excluding hydrogens is 229 g/mol. The maximum absolute atomic E-state index is 12.4. The van der Waals surface area contributed by atoms with Gasteiger partial charge >= 0.3 is 7.60 Å². The summed E-state index contributed by atoms with van der Waals surface area (Å²) in [7, 11) is -3.21. The van der Waals surface area contributed by atoms with Crippen LogP contribution in [0.3, 0.4) is 0 Å². The first kappa shape index (κ1) is 15.6. The smallest absolute Gasteiger partial charge is 0.339 e. The molecule has 0 aliphatic carbocycles. The molecule has 1 N–H and O–H groups in total. The molecule has 0 bridgehead atoms. The van der Waals surface area contributed by atoms with E-state index in [2.05, 4.69) is 5.16 Å². The van der Waals surface area contributed by atoms with Crippen LogP contribution in [0.1, 0.15) is 40.5 Å². The SMILES string of the molecule is CCCOP(=O)(OCCC)C(C)C(C)=NO. The largest absolute Gasteiger partial charge is 0.411 e. The van der Waals surface area contributed by atoms with E-state index in [1.165, 1.54) is 0 Å². The summed E-state index contributed by atoms with van der Waals surface area (Å²) in [5.41, 5.74) is -0.161. The molecule has 0 aromatic carbocycles. The average molecular weight is 251 g/mol. The first-order valence-electron chi connectivity index (χ1n) is 5.59. The second-order valence-electron chi connectivity index (χ2n) is 3.62. The molecule has 0 saturated carbocycles. The maximum atomic E-state index is 12.4. The van der Waals surface area contributed by atoms with E-state index < -0.39 is 13.3 Å². The number of hydrogen-bond donors (Lipinski definition) is 1. The lowest BCUT2D eigenvalue weighted by Gasteiger charge is -2.23. The van der Waals surface area contributed by atoms with Gasteiger partial charge in [-0.25, -0.2) is 0 Å². The monoisotopic (exact) mass is 251 g/mol. The molecule has 0 spiro atoms. The second kappa shape index (κ2) is 7.82. The van der Waals surface area contributed by atoms with E-state index in [0.717, 1.165) is 12.8 Å². The third-order valence-corrected chi connectivity index (χ3v) is 4.59. The Hall–Kier alpha value is -0.380. The summed E-state index contributed by atoms with van der Waals surface area (Å²) < 4.78 is 23.0. The molecule has 0 radical (unpaired) electrons. The molecule has 1 atom stereocenters. The molecule has 0 aromatic heterocycles. The minimum atomic E-state index is -3.21. The van der Waals surface area contributed by atoms with Gasteiger partial charge in [0.25, 0.3) is 0 Å². The number of rotatable bonds is 8. The molecule has 6 heteroatoms. The number of nitrogens with zero attached hydrogens (tertiary/aromatic N) is 1. The Morgan fingerprint density at radius 1 is 1.31 bits per heavy atom. The van der Waals surface area contributed by atoms with Gasteiger partial charge in [0, 0.05) is 0 Å². The van der Waals surface area contributed by atoms with Gasteiger partial charge in [0.15, 0.2) is 0 Å². The van der Waals surface area contributed by atoms with Crippen LogP contribution in [-0.2, 0) is 13.6 Å². The topological polar surface area (TPSA) is 68.1 Å². The number of oxime groups is 1. The third kappa shape index (κ3) is 4.64. The summed E-state index contributed by atoms with van der Waals surface area (Å²) in [6.07, 6.45) is 1.53. The van der Waals surface area contributed by atoms with Gasteiger partial charge < -0.3 is 14.3 Å². The summed E-state index contributed by atoms with van der Waals surface area (Å²) in [5, 5.41) is 11.7. The average Bonchev–Trinajstić information content (AvgIpc) is 2.31. The lowest BCUT2D eigenvalue weighted by Crippen LogP contribution is -2.18. The quantitative estimate of drug-likeness (QED) is 0.311. The van der Waals surface area contributed by atoms with Crippen molar-refractivity contribution in [2.75, 3.05) is 13.2 Å². The second-order valence-corrected chi connectivity index (χ2v) is 5.99. The molecule has 0 rings (SSSR count). The summed E-state index contributed by atoms with van der Waals surface area (Å²) in [6, 6.07) is 0. The molecule has 0 amide bonds. The molecule has 0 fully saturated rings. The zero-order valence-electron chi connectivity index (χ0n) is 10.5. The Morgan fingerprint density at radius 2 is 1.75 bits per heavy atom. The summed E-state index contributed by atoms with van der Waals surface area (Å²) in [5.74, 6) is 0. The standard InChI is InChI=1S/C10H22NO4P/c1-5-7-14-16(13,15-8-6-2)10(4)9(3)11-12/h10,12H,5-8H2,1-4H3. The Bertz CT molecular complexity index is 256. The van der Waals surface area contributed by atoms with Crippen LogP contribution in [0.2, 0.25) is 0 Å². The fourth-order valence-corrected chi connectivity index (χ4v) is 2.92. The van der Waals surface area contributed by atoms with E-state index >= 15 is 0 Å².